The van der Waals surface area contributed by atoms with E-state index in [1.54, 1.807) is 0 Å². The first-order valence-corrected chi connectivity index (χ1v) is 11.6. The molecule has 3 heterocycles. The summed E-state index contributed by atoms with van der Waals surface area (Å²) in [6, 6.07) is 0. The summed E-state index contributed by atoms with van der Waals surface area (Å²) in [6.07, 6.45) is 9.02. The maximum atomic E-state index is 14.7. The van der Waals surface area contributed by atoms with Crippen molar-refractivity contribution in [3.8, 4) is 0 Å². The van der Waals surface area contributed by atoms with Gasteiger partial charge in [0.05, 0.1) is 5.57 Å². The van der Waals surface area contributed by atoms with Crippen LogP contribution in [-0.4, -0.2) is 24.0 Å². The van der Waals surface area contributed by atoms with Crippen molar-refractivity contribution in [2.45, 2.75) is 58.3 Å². The average molecular weight is 438 g/mol. The molecule has 32 heavy (non-hydrogen) atoms. The molecule has 1 aromatic heterocycles. The predicted octanol–water partition coefficient (Wildman–Crippen LogP) is 5.46. The Labute approximate surface area is 187 Å². The summed E-state index contributed by atoms with van der Waals surface area (Å²) in [5.74, 6) is -0.599. The zero-order valence-electron chi connectivity index (χ0n) is 18.6. The molecule has 4 nitrogen and oxygen atoms in total. The molecule has 2 fully saturated rings. The molecular formula is C26H29F2N3O. The Morgan fingerprint density at radius 3 is 2.59 bits per heavy atom. The first kappa shape index (κ1) is 21.1. The number of hydrogen-bond donors (Lipinski definition) is 3. The molecule has 3 N–H and O–H groups in total. The van der Waals surface area contributed by atoms with Gasteiger partial charge in [0.2, 0.25) is 0 Å². The van der Waals surface area contributed by atoms with E-state index < -0.39 is 11.7 Å². The van der Waals surface area contributed by atoms with Gasteiger partial charge in [0, 0.05) is 35.2 Å². The average Bonchev–Trinajstić information content (AvgIpc) is 3.24. The minimum absolute atomic E-state index is 0.167. The molecule has 0 bridgehead atoms. The topological polar surface area (TPSA) is 56.9 Å². The van der Waals surface area contributed by atoms with Crippen LogP contribution in [0.1, 0.15) is 67.0 Å². The molecule has 0 aromatic carbocycles. The van der Waals surface area contributed by atoms with Gasteiger partial charge >= 0.3 is 0 Å². The van der Waals surface area contributed by atoms with E-state index in [2.05, 4.69) is 29.5 Å². The number of carbonyl (C=O) groups excluding carboxylic acids is 1. The normalized spacial score (nSPS) is 23.5. The van der Waals surface area contributed by atoms with Gasteiger partial charge in [-0.2, -0.15) is 0 Å². The van der Waals surface area contributed by atoms with E-state index in [1.165, 1.54) is 11.1 Å². The number of aromatic amines is 1. The third-order valence-electron chi connectivity index (χ3n) is 7.20. The largest absolute Gasteiger partial charge is 0.359 e. The van der Waals surface area contributed by atoms with Crippen LogP contribution in [0.2, 0.25) is 0 Å². The lowest BCUT2D eigenvalue weighted by atomic mass is 9.83. The molecule has 1 aromatic rings. The van der Waals surface area contributed by atoms with Crippen LogP contribution in [0, 0.1) is 13.8 Å². The number of amides is 1. The zero-order valence-corrected chi connectivity index (χ0v) is 18.6. The molecule has 0 unspecified atom stereocenters. The van der Waals surface area contributed by atoms with Gasteiger partial charge in [-0.1, -0.05) is 6.08 Å². The number of rotatable bonds is 3. The number of piperidine rings is 1. The highest BCUT2D eigenvalue weighted by Gasteiger charge is 2.34. The minimum atomic E-state index is -0.517. The summed E-state index contributed by atoms with van der Waals surface area (Å²) in [4.78, 5) is 16.5. The summed E-state index contributed by atoms with van der Waals surface area (Å²) in [5, 5.41) is 6.38. The molecule has 2 aliphatic carbocycles. The van der Waals surface area contributed by atoms with Gasteiger partial charge in [-0.05, 0) is 93.3 Å². The van der Waals surface area contributed by atoms with Crippen molar-refractivity contribution in [2.24, 2.45) is 0 Å². The van der Waals surface area contributed by atoms with E-state index in [9.17, 15) is 13.6 Å². The van der Waals surface area contributed by atoms with Gasteiger partial charge in [0.15, 0.2) is 0 Å². The Kier molecular flexibility index (Phi) is 5.49. The number of allylic oxidation sites excluding steroid dienone is 7. The monoisotopic (exact) mass is 437 g/mol. The molecule has 168 valence electrons. The molecule has 0 atom stereocenters. The highest BCUT2D eigenvalue weighted by molar-refractivity contribution is 6.09. The van der Waals surface area contributed by atoms with Crippen molar-refractivity contribution < 1.29 is 13.6 Å². The summed E-state index contributed by atoms with van der Waals surface area (Å²) in [5.41, 5.74) is 8.05. The van der Waals surface area contributed by atoms with Crippen LogP contribution < -0.4 is 10.6 Å². The summed E-state index contributed by atoms with van der Waals surface area (Å²) < 4.78 is 28.3. The SMILES string of the molecule is Cc1[nH]c(/C=C2\C(=O)NC3=CCCC(C4=C(F)C=C(F)CC4)=C32)c(C)c1C1CCNCC1. The van der Waals surface area contributed by atoms with Gasteiger partial charge in [-0.3, -0.25) is 4.79 Å². The Bertz CT molecular complexity index is 1140. The molecule has 2 aliphatic heterocycles. The van der Waals surface area contributed by atoms with E-state index in [4.69, 9.17) is 0 Å². The van der Waals surface area contributed by atoms with E-state index in [0.717, 1.165) is 66.7 Å². The van der Waals surface area contributed by atoms with Crippen molar-refractivity contribution >= 4 is 12.0 Å². The van der Waals surface area contributed by atoms with E-state index in [0.29, 0.717) is 29.9 Å². The van der Waals surface area contributed by atoms with Crippen molar-refractivity contribution in [3.05, 3.63) is 74.3 Å². The van der Waals surface area contributed by atoms with Gasteiger partial charge in [0.25, 0.3) is 5.91 Å². The minimum Gasteiger partial charge on any atom is -0.359 e. The molecule has 2 saturated heterocycles. The molecule has 4 aliphatic rings. The fourth-order valence-electron chi connectivity index (χ4n) is 5.67. The Morgan fingerprint density at radius 2 is 1.84 bits per heavy atom. The molecular weight excluding hydrogens is 408 g/mol. The number of carbonyl (C=O) groups is 1. The fraction of sp³-hybridized carbons (Fsp3) is 0.423. The number of nitrogens with one attached hydrogen (secondary N) is 3. The van der Waals surface area contributed by atoms with Gasteiger partial charge in [-0.25, -0.2) is 8.78 Å². The summed E-state index contributed by atoms with van der Waals surface area (Å²) in [6.45, 7) is 6.26. The van der Waals surface area contributed by atoms with Crippen molar-refractivity contribution in [1.82, 2.24) is 15.6 Å². The van der Waals surface area contributed by atoms with Crippen LogP contribution in [0.5, 0.6) is 0 Å². The number of H-pyrrole nitrogens is 1. The van der Waals surface area contributed by atoms with Crippen LogP contribution >= 0.6 is 0 Å². The maximum Gasteiger partial charge on any atom is 0.256 e. The predicted molar refractivity (Wildman–Crippen MR) is 122 cm³/mol. The number of aryl methyl sites for hydroxylation is 1. The Morgan fingerprint density at radius 1 is 1.06 bits per heavy atom. The van der Waals surface area contributed by atoms with Gasteiger partial charge < -0.3 is 15.6 Å². The molecule has 0 saturated carbocycles. The van der Waals surface area contributed by atoms with Crippen LogP contribution in [-0.2, 0) is 4.79 Å². The molecule has 5 rings (SSSR count). The molecule has 0 radical (unpaired) electrons. The first-order valence-electron chi connectivity index (χ1n) is 11.6. The smallest absolute Gasteiger partial charge is 0.256 e. The van der Waals surface area contributed by atoms with Crippen LogP contribution in [0.15, 0.2) is 51.8 Å². The lowest BCUT2D eigenvalue weighted by molar-refractivity contribution is -0.115. The van der Waals surface area contributed by atoms with E-state index >= 15 is 0 Å². The lowest BCUT2D eigenvalue weighted by Gasteiger charge is -2.23. The molecule has 1 amide bonds. The number of halogens is 2. The second-order valence-corrected chi connectivity index (χ2v) is 9.17. The Balaban J connectivity index is 1.60. The number of hydrogen-bond acceptors (Lipinski definition) is 2. The van der Waals surface area contributed by atoms with Crippen molar-refractivity contribution in [2.75, 3.05) is 13.1 Å². The summed E-state index contributed by atoms with van der Waals surface area (Å²) in [7, 11) is 0. The third-order valence-corrected chi connectivity index (χ3v) is 7.20. The number of fused-ring (bicyclic) bond motifs is 1. The van der Waals surface area contributed by atoms with Crippen LogP contribution in [0.3, 0.4) is 0 Å². The fourth-order valence-corrected chi connectivity index (χ4v) is 5.67. The standard InChI is InChI=1S/C26H29F2N3O/c1-14-23(30-15(2)24(14)16-8-10-29-11-9-16)13-20-25-19(4-3-5-22(25)31-26(20)32)18-7-6-17(27)12-21(18)28/h5,12-13,16,29-30H,3-4,6-11H2,1-2H3,(H,31,32)/b20-13-. The Hall–Kier alpha value is -2.73. The zero-order chi connectivity index (χ0) is 22.4. The quantitative estimate of drug-likeness (QED) is 0.550. The van der Waals surface area contributed by atoms with Crippen LogP contribution in [0.25, 0.3) is 6.08 Å². The van der Waals surface area contributed by atoms with Crippen LogP contribution in [0.4, 0.5) is 8.78 Å². The maximum absolute atomic E-state index is 14.7. The highest BCUT2D eigenvalue weighted by Crippen LogP contribution is 2.43. The highest BCUT2D eigenvalue weighted by atomic mass is 19.1. The second-order valence-electron chi connectivity index (χ2n) is 9.17. The van der Waals surface area contributed by atoms with Crippen molar-refractivity contribution in [1.29, 1.82) is 0 Å². The molecule has 6 heteroatoms. The van der Waals surface area contributed by atoms with E-state index in [-0.39, 0.29) is 12.3 Å². The summed E-state index contributed by atoms with van der Waals surface area (Å²) >= 11 is 0. The number of aromatic nitrogens is 1. The first-order chi connectivity index (χ1) is 15.4. The van der Waals surface area contributed by atoms with Gasteiger partial charge in [-0.15, -0.1) is 0 Å². The van der Waals surface area contributed by atoms with Crippen molar-refractivity contribution in [3.63, 3.8) is 0 Å². The third kappa shape index (κ3) is 3.60. The second kappa shape index (κ2) is 8.32. The van der Waals surface area contributed by atoms with Gasteiger partial charge in [0.1, 0.15) is 11.7 Å². The van der Waals surface area contributed by atoms with E-state index in [1.807, 2.05) is 12.2 Å². The lowest BCUT2D eigenvalue weighted by Crippen LogP contribution is -2.27. The molecule has 0 spiro atoms.